The second-order valence-electron chi connectivity index (χ2n) is 16.6. The maximum Gasteiger partial charge on any atom is 0.315 e. The lowest BCUT2D eigenvalue weighted by Crippen LogP contribution is -2.62. The van der Waals surface area contributed by atoms with Crippen molar-refractivity contribution in [3.05, 3.63) is 47.8 Å². The first-order valence-electron chi connectivity index (χ1n) is 17.7. The number of hydrogen-bond donors (Lipinski definition) is 4. The Morgan fingerprint density at radius 1 is 0.925 bits per heavy atom. The van der Waals surface area contributed by atoms with Crippen LogP contribution < -0.4 is 20.7 Å². The van der Waals surface area contributed by atoms with Gasteiger partial charge in [-0.3, -0.25) is 14.4 Å². The molecule has 0 radical (unpaired) electrons. The Morgan fingerprint density at radius 2 is 1.55 bits per heavy atom. The summed E-state index contributed by atoms with van der Waals surface area (Å²) in [5, 5.41) is 10.2. The quantitative estimate of drug-likeness (QED) is 0.237. The van der Waals surface area contributed by atoms with Crippen molar-refractivity contribution in [3.63, 3.8) is 0 Å². The molecule has 53 heavy (non-hydrogen) atoms. The van der Waals surface area contributed by atoms with Gasteiger partial charge in [0, 0.05) is 26.2 Å². The third-order valence-electron chi connectivity index (χ3n) is 10.0. The van der Waals surface area contributed by atoms with Crippen molar-refractivity contribution < 1.29 is 36.0 Å². The van der Waals surface area contributed by atoms with Crippen LogP contribution in [0.15, 0.2) is 56.9 Å². The molecule has 2 unspecified atom stereocenters. The number of benzene rings is 1. The van der Waals surface area contributed by atoms with E-state index in [0.29, 0.717) is 6.42 Å². The minimum Gasteiger partial charge on any atom is -0.340 e. The summed E-state index contributed by atoms with van der Waals surface area (Å²) in [7, 11) is -6.52. The molecule has 1 aromatic carbocycles. The highest BCUT2D eigenvalue weighted by Crippen LogP contribution is 2.38. The lowest BCUT2D eigenvalue weighted by Gasteiger charge is -2.38. The molecule has 294 valence electrons. The number of thiophene rings is 1. The molecule has 0 spiro atoms. The predicted molar refractivity (Wildman–Crippen MR) is 203 cm³/mol. The van der Waals surface area contributed by atoms with E-state index in [1.165, 1.54) is 46.6 Å². The van der Waals surface area contributed by atoms with Crippen LogP contribution in [0.5, 0.6) is 0 Å². The van der Waals surface area contributed by atoms with Crippen LogP contribution >= 0.6 is 11.3 Å². The van der Waals surface area contributed by atoms with Crippen molar-refractivity contribution in [3.8, 4) is 0 Å². The number of nitrogens with one attached hydrogen (secondary N) is 4. The first-order chi connectivity index (χ1) is 24.4. The Hall–Kier alpha value is -3.54. The number of likely N-dealkylation sites (N-methyl/N-ethyl adjacent to an activating group) is 1. The summed E-state index contributed by atoms with van der Waals surface area (Å²) in [5.41, 5.74) is -2.82. The van der Waals surface area contributed by atoms with Crippen molar-refractivity contribution in [2.45, 2.75) is 107 Å². The van der Waals surface area contributed by atoms with Crippen molar-refractivity contribution in [2.24, 2.45) is 22.7 Å². The fraction of sp³-hybridized carbons (Fsp3) is 0.611. The monoisotopic (exact) mass is 794 g/mol. The minimum atomic E-state index is -4.18. The number of hydrogen-bond acceptors (Lipinski definition) is 9. The SMILES string of the molecule is CC(C)C1C[C@@H](C(=O)NC2(C(=O)NS(=O)(=O)c3ccccc3)CC2)N(C(=O)[C@@H](NC(=O)NC(CN(C)S(=O)(=O)c2cccs2)C(C)(C)C)C(C)(C)C)C1. The molecule has 2 heterocycles. The summed E-state index contributed by atoms with van der Waals surface area (Å²) in [6, 6.07) is 7.23. The maximum absolute atomic E-state index is 14.5. The zero-order valence-corrected chi connectivity index (χ0v) is 34.4. The molecule has 4 N–H and O–H groups in total. The molecule has 4 rings (SSSR count). The Kier molecular flexibility index (Phi) is 12.5. The zero-order chi connectivity index (χ0) is 39.7. The highest BCUT2D eigenvalue weighted by Gasteiger charge is 2.55. The normalized spacial score (nSPS) is 20.1. The number of rotatable bonds is 13. The minimum absolute atomic E-state index is 0.0301. The molecule has 1 saturated heterocycles. The van der Waals surface area contributed by atoms with Gasteiger partial charge in [0.25, 0.3) is 26.0 Å². The van der Waals surface area contributed by atoms with Crippen molar-refractivity contribution in [1.29, 1.82) is 0 Å². The van der Waals surface area contributed by atoms with E-state index in [2.05, 4.69) is 20.7 Å². The smallest absolute Gasteiger partial charge is 0.315 e. The fourth-order valence-corrected chi connectivity index (χ4v) is 9.63. The molecule has 1 aliphatic heterocycles. The van der Waals surface area contributed by atoms with Crippen LogP contribution in [0.3, 0.4) is 0 Å². The predicted octanol–water partition coefficient (Wildman–Crippen LogP) is 3.52. The first-order valence-corrected chi connectivity index (χ1v) is 21.5. The zero-order valence-electron chi connectivity index (χ0n) is 31.9. The van der Waals surface area contributed by atoms with E-state index < -0.39 is 78.3 Å². The van der Waals surface area contributed by atoms with Crippen LogP contribution in [-0.4, -0.2) is 93.6 Å². The van der Waals surface area contributed by atoms with Gasteiger partial charge in [-0.25, -0.2) is 26.4 Å². The lowest BCUT2D eigenvalue weighted by atomic mass is 9.85. The van der Waals surface area contributed by atoms with E-state index in [1.54, 1.807) is 38.3 Å². The maximum atomic E-state index is 14.5. The third kappa shape index (κ3) is 9.96. The average molecular weight is 795 g/mol. The Balaban J connectivity index is 1.51. The molecule has 4 atom stereocenters. The number of carbonyl (C=O) groups excluding carboxylic acids is 4. The molecule has 1 saturated carbocycles. The summed E-state index contributed by atoms with van der Waals surface area (Å²) < 4.78 is 55.6. The molecule has 17 heteroatoms. The van der Waals surface area contributed by atoms with Gasteiger partial charge in [0.2, 0.25) is 11.8 Å². The first kappa shape index (κ1) is 42.2. The van der Waals surface area contributed by atoms with Gasteiger partial charge in [-0.2, -0.15) is 4.31 Å². The van der Waals surface area contributed by atoms with E-state index in [1.807, 2.05) is 34.6 Å². The second kappa shape index (κ2) is 15.7. The fourth-order valence-electron chi connectivity index (χ4n) is 6.18. The van der Waals surface area contributed by atoms with Crippen LogP contribution in [-0.2, 0) is 34.4 Å². The van der Waals surface area contributed by atoms with Gasteiger partial charge in [-0.1, -0.05) is 79.7 Å². The van der Waals surface area contributed by atoms with Gasteiger partial charge in [-0.05, 0) is 65.5 Å². The summed E-state index contributed by atoms with van der Waals surface area (Å²) >= 11 is 1.10. The molecule has 5 amide bonds. The van der Waals surface area contributed by atoms with Crippen LogP contribution in [0.4, 0.5) is 4.79 Å². The van der Waals surface area contributed by atoms with Gasteiger partial charge in [-0.15, -0.1) is 11.3 Å². The van der Waals surface area contributed by atoms with Gasteiger partial charge < -0.3 is 20.9 Å². The van der Waals surface area contributed by atoms with Crippen LogP contribution in [0, 0.1) is 22.7 Å². The van der Waals surface area contributed by atoms with E-state index in [4.69, 9.17) is 0 Å². The Bertz CT molecular complexity index is 1870. The van der Waals surface area contributed by atoms with E-state index >= 15 is 0 Å². The van der Waals surface area contributed by atoms with E-state index in [9.17, 15) is 36.0 Å². The highest BCUT2D eigenvalue weighted by atomic mass is 32.2. The lowest BCUT2D eigenvalue weighted by molar-refractivity contribution is -0.142. The van der Waals surface area contributed by atoms with Gasteiger partial charge in [0.15, 0.2) is 0 Å². The Labute approximate surface area is 317 Å². The summed E-state index contributed by atoms with van der Waals surface area (Å²) in [4.78, 5) is 56.7. The molecule has 2 fully saturated rings. The molecule has 1 aliphatic carbocycles. The number of nitrogens with zero attached hydrogens (tertiary/aromatic N) is 2. The highest BCUT2D eigenvalue weighted by molar-refractivity contribution is 7.91. The van der Waals surface area contributed by atoms with Crippen molar-refractivity contribution in [1.82, 2.24) is 29.9 Å². The number of amides is 5. The van der Waals surface area contributed by atoms with E-state index in [-0.39, 0.29) is 46.9 Å². The summed E-state index contributed by atoms with van der Waals surface area (Å²) in [6.07, 6.45) is 0.776. The van der Waals surface area contributed by atoms with Gasteiger partial charge in [0.1, 0.15) is 21.8 Å². The van der Waals surface area contributed by atoms with E-state index in [0.717, 1.165) is 11.3 Å². The number of carbonyl (C=O) groups is 4. The topological polar surface area (TPSA) is 191 Å². The third-order valence-corrected chi connectivity index (χ3v) is 14.6. The molecule has 0 bridgehead atoms. The second-order valence-corrected chi connectivity index (χ2v) is 21.5. The number of sulfonamides is 2. The van der Waals surface area contributed by atoms with Crippen LogP contribution in [0.25, 0.3) is 0 Å². The molecule has 2 aromatic rings. The summed E-state index contributed by atoms with van der Waals surface area (Å²) in [6.45, 7) is 15.2. The summed E-state index contributed by atoms with van der Waals surface area (Å²) in [5.74, 6) is -1.86. The molecular formula is C36H54N6O8S3. The van der Waals surface area contributed by atoms with Gasteiger partial charge in [0.05, 0.1) is 4.90 Å². The van der Waals surface area contributed by atoms with Crippen molar-refractivity contribution >= 4 is 55.1 Å². The largest absolute Gasteiger partial charge is 0.340 e. The standard InChI is InChI=1S/C36H54N6O8S3/c1-23(2)24-20-26(30(43)39-36(17-18-36)32(45)40-52(47,48)25-14-11-10-12-15-25)42(21-24)31(44)29(35(6,7)8)38-33(46)37-27(34(3,4)5)22-41(9)53(49,50)28-16-13-19-51-28/h10-16,19,23-24,26-27,29H,17-18,20-22H2,1-9H3,(H,39,43)(H,40,45)(H2,37,38,46)/t24?,26-,27?,29+/m0/s1. The Morgan fingerprint density at radius 3 is 2.06 bits per heavy atom. The average Bonchev–Trinajstić information content (AvgIpc) is 3.43. The number of likely N-dealkylation sites (tertiary alicyclic amines) is 1. The molecule has 2 aliphatic rings. The number of urea groups is 1. The van der Waals surface area contributed by atoms with Crippen LogP contribution in [0.2, 0.25) is 0 Å². The molecule has 1 aromatic heterocycles. The molecular weight excluding hydrogens is 741 g/mol. The van der Waals surface area contributed by atoms with Gasteiger partial charge >= 0.3 is 6.03 Å². The molecule has 14 nitrogen and oxygen atoms in total. The van der Waals surface area contributed by atoms with Crippen molar-refractivity contribution in [2.75, 3.05) is 20.1 Å². The van der Waals surface area contributed by atoms with Crippen LogP contribution in [0.1, 0.15) is 74.7 Å².